The number of rotatable bonds is 9. The smallest absolute Gasteiger partial charge is 0.329 e. The van der Waals surface area contributed by atoms with E-state index < -0.39 is 29.6 Å². The zero-order valence-electron chi connectivity index (χ0n) is 15.5. The number of ketones is 1. The van der Waals surface area contributed by atoms with Gasteiger partial charge in [-0.1, -0.05) is 6.92 Å². The van der Waals surface area contributed by atoms with E-state index >= 15 is 0 Å². The van der Waals surface area contributed by atoms with Gasteiger partial charge in [0.2, 0.25) is 5.78 Å². The summed E-state index contributed by atoms with van der Waals surface area (Å²) in [5.74, 6) is -0.938. The Bertz CT molecular complexity index is 965. The van der Waals surface area contributed by atoms with Crippen molar-refractivity contribution < 1.29 is 19.1 Å². The molecule has 1 aromatic carbocycles. The Morgan fingerprint density at radius 1 is 1.21 bits per heavy atom. The van der Waals surface area contributed by atoms with E-state index in [1.165, 1.54) is 11.8 Å². The topological polar surface area (TPSA) is 133 Å². The molecule has 0 bridgehead atoms. The van der Waals surface area contributed by atoms with Gasteiger partial charge in [-0.15, -0.1) is 11.8 Å². The number of methoxy groups -OCH3 is 1. The number of benzene rings is 1. The van der Waals surface area contributed by atoms with E-state index in [1.807, 2.05) is 6.92 Å². The van der Waals surface area contributed by atoms with Crippen molar-refractivity contribution in [2.75, 3.05) is 25.2 Å². The first-order valence-electron chi connectivity index (χ1n) is 8.45. The number of hydrogen-bond donors (Lipinski definition) is 2. The van der Waals surface area contributed by atoms with E-state index in [0.29, 0.717) is 12.2 Å². The van der Waals surface area contributed by atoms with Crippen LogP contribution in [-0.2, 0) is 16.1 Å². The van der Waals surface area contributed by atoms with E-state index in [4.69, 9.17) is 15.2 Å². The molecule has 0 fully saturated rings. The number of esters is 1. The number of aromatic amines is 1. The number of carbonyl (C=O) groups excluding carboxylic acids is 2. The third-order valence-corrected chi connectivity index (χ3v) is 4.73. The number of hydrogen-bond acceptors (Lipinski definition) is 8. The molecule has 0 atom stereocenters. The number of nitrogens with zero attached hydrogens (tertiary/aromatic N) is 1. The van der Waals surface area contributed by atoms with E-state index in [-0.39, 0.29) is 23.7 Å². The molecule has 0 aliphatic rings. The SMILES string of the molecule is CCCn1c(N)c(C(=O)COC(=O)CSc2ccc(OC)cc2)c(=O)[nH]c1=O. The lowest BCUT2D eigenvalue weighted by molar-refractivity contribution is -0.139. The van der Waals surface area contributed by atoms with Gasteiger partial charge < -0.3 is 15.2 Å². The molecule has 3 N–H and O–H groups in total. The maximum Gasteiger partial charge on any atom is 0.329 e. The Labute approximate surface area is 164 Å². The highest BCUT2D eigenvalue weighted by Crippen LogP contribution is 2.21. The molecule has 1 heterocycles. The molecule has 0 aliphatic heterocycles. The summed E-state index contributed by atoms with van der Waals surface area (Å²) in [6.45, 7) is 1.43. The molecular formula is C18H21N3O6S. The van der Waals surface area contributed by atoms with Crippen LogP contribution in [0.5, 0.6) is 5.75 Å². The predicted molar refractivity (Wildman–Crippen MR) is 105 cm³/mol. The van der Waals surface area contributed by atoms with Crippen molar-refractivity contribution in [1.29, 1.82) is 0 Å². The number of H-pyrrole nitrogens is 1. The Morgan fingerprint density at radius 3 is 2.50 bits per heavy atom. The highest BCUT2D eigenvalue weighted by atomic mass is 32.2. The maximum absolute atomic E-state index is 12.3. The first-order chi connectivity index (χ1) is 13.4. The molecule has 0 saturated carbocycles. The highest BCUT2D eigenvalue weighted by molar-refractivity contribution is 8.00. The van der Waals surface area contributed by atoms with Crippen LogP contribution in [0.1, 0.15) is 23.7 Å². The summed E-state index contributed by atoms with van der Waals surface area (Å²) in [5, 5.41) is 0. The summed E-state index contributed by atoms with van der Waals surface area (Å²) in [5.41, 5.74) is 3.83. The number of Topliss-reactive ketones (excluding diaryl/α,β-unsaturated/α-hetero) is 1. The van der Waals surface area contributed by atoms with Crippen molar-refractivity contribution in [1.82, 2.24) is 9.55 Å². The van der Waals surface area contributed by atoms with Crippen molar-refractivity contribution in [3.05, 3.63) is 50.7 Å². The van der Waals surface area contributed by atoms with Gasteiger partial charge in [0, 0.05) is 11.4 Å². The quantitative estimate of drug-likeness (QED) is 0.358. The number of carbonyl (C=O) groups is 2. The molecule has 0 radical (unpaired) electrons. The van der Waals surface area contributed by atoms with Crippen LogP contribution in [0.25, 0.3) is 0 Å². The Hall–Kier alpha value is -3.01. The Balaban J connectivity index is 1.97. The molecule has 2 rings (SSSR count). The van der Waals surface area contributed by atoms with Crippen LogP contribution in [-0.4, -0.2) is 40.8 Å². The number of nitrogen functional groups attached to an aromatic ring is 1. The zero-order valence-corrected chi connectivity index (χ0v) is 16.3. The second-order valence-corrected chi connectivity index (χ2v) is 6.77. The Morgan fingerprint density at radius 2 is 1.89 bits per heavy atom. The molecule has 0 amide bonds. The minimum atomic E-state index is -0.900. The molecule has 2 aromatic rings. The van der Waals surface area contributed by atoms with Gasteiger partial charge in [0.05, 0.1) is 12.9 Å². The first kappa shape index (κ1) is 21.3. The van der Waals surface area contributed by atoms with Crippen LogP contribution in [0.2, 0.25) is 0 Å². The van der Waals surface area contributed by atoms with Gasteiger partial charge in [0.25, 0.3) is 5.56 Å². The molecule has 1 aromatic heterocycles. The van der Waals surface area contributed by atoms with Gasteiger partial charge in [-0.3, -0.25) is 23.9 Å². The van der Waals surface area contributed by atoms with Gasteiger partial charge in [-0.05, 0) is 30.7 Å². The van der Waals surface area contributed by atoms with E-state index in [2.05, 4.69) is 4.98 Å². The molecule has 28 heavy (non-hydrogen) atoms. The average molecular weight is 407 g/mol. The van der Waals surface area contributed by atoms with Crippen molar-refractivity contribution in [2.45, 2.75) is 24.8 Å². The molecule has 0 spiro atoms. The van der Waals surface area contributed by atoms with E-state index in [1.54, 1.807) is 31.4 Å². The third-order valence-electron chi connectivity index (χ3n) is 3.75. The van der Waals surface area contributed by atoms with Gasteiger partial charge in [-0.25, -0.2) is 4.79 Å². The lowest BCUT2D eigenvalue weighted by Crippen LogP contribution is -2.37. The molecule has 9 nitrogen and oxygen atoms in total. The molecule has 150 valence electrons. The summed E-state index contributed by atoms with van der Waals surface area (Å²) < 4.78 is 11.1. The molecule has 0 saturated heterocycles. The Kier molecular flexibility index (Phi) is 7.44. The summed E-state index contributed by atoms with van der Waals surface area (Å²) >= 11 is 1.23. The van der Waals surface area contributed by atoms with Crippen LogP contribution in [0.3, 0.4) is 0 Å². The number of thioether (sulfide) groups is 1. The predicted octanol–water partition coefficient (Wildman–Crippen LogP) is 1.06. The van der Waals surface area contributed by atoms with Crippen molar-refractivity contribution >= 4 is 29.3 Å². The second kappa shape index (κ2) is 9.79. The standard InChI is InChI=1S/C18H21N3O6S/c1-3-8-21-16(19)15(17(24)20-18(21)25)13(22)9-27-14(23)10-28-12-6-4-11(26-2)5-7-12/h4-7H,3,8-10,19H2,1-2H3,(H,20,24,25). The maximum atomic E-state index is 12.3. The van der Waals surface area contributed by atoms with Crippen LogP contribution in [0.15, 0.2) is 38.8 Å². The monoisotopic (exact) mass is 407 g/mol. The molecular weight excluding hydrogens is 386 g/mol. The van der Waals surface area contributed by atoms with Crippen molar-refractivity contribution in [3.63, 3.8) is 0 Å². The van der Waals surface area contributed by atoms with E-state index in [9.17, 15) is 19.2 Å². The number of ether oxygens (including phenoxy) is 2. The van der Waals surface area contributed by atoms with E-state index in [0.717, 1.165) is 9.46 Å². The lowest BCUT2D eigenvalue weighted by atomic mass is 10.2. The average Bonchev–Trinajstić information content (AvgIpc) is 2.68. The highest BCUT2D eigenvalue weighted by Gasteiger charge is 2.20. The second-order valence-electron chi connectivity index (χ2n) is 5.72. The molecule has 10 heteroatoms. The minimum Gasteiger partial charge on any atom is -0.497 e. The van der Waals surface area contributed by atoms with Crippen LogP contribution >= 0.6 is 11.8 Å². The third kappa shape index (κ3) is 5.26. The summed E-state index contributed by atoms with van der Waals surface area (Å²) in [6, 6.07) is 7.10. The summed E-state index contributed by atoms with van der Waals surface area (Å²) in [4.78, 5) is 50.8. The number of aromatic nitrogens is 2. The van der Waals surface area contributed by atoms with Crippen LogP contribution < -0.4 is 21.7 Å². The van der Waals surface area contributed by atoms with Crippen molar-refractivity contribution in [3.8, 4) is 5.75 Å². The van der Waals surface area contributed by atoms with Crippen molar-refractivity contribution in [2.24, 2.45) is 0 Å². The largest absolute Gasteiger partial charge is 0.497 e. The minimum absolute atomic E-state index is 0.0131. The van der Waals surface area contributed by atoms with Crippen LogP contribution in [0, 0.1) is 0 Å². The molecule has 0 aliphatic carbocycles. The summed E-state index contributed by atoms with van der Waals surface area (Å²) in [6.07, 6.45) is 0.585. The van der Waals surface area contributed by atoms with Gasteiger partial charge in [0.15, 0.2) is 6.61 Å². The van der Waals surface area contributed by atoms with Gasteiger partial charge in [0.1, 0.15) is 17.1 Å². The normalized spacial score (nSPS) is 10.5. The van der Waals surface area contributed by atoms with Crippen LogP contribution in [0.4, 0.5) is 5.82 Å². The number of nitrogens with one attached hydrogen (secondary N) is 1. The lowest BCUT2D eigenvalue weighted by Gasteiger charge is -2.11. The fraction of sp³-hybridized carbons (Fsp3) is 0.333. The number of nitrogens with two attached hydrogens (primary N) is 1. The van der Waals surface area contributed by atoms with Gasteiger partial charge in [-0.2, -0.15) is 0 Å². The zero-order chi connectivity index (χ0) is 20.7. The first-order valence-corrected chi connectivity index (χ1v) is 9.44. The summed E-state index contributed by atoms with van der Waals surface area (Å²) in [7, 11) is 1.56. The fourth-order valence-electron chi connectivity index (χ4n) is 2.38. The fourth-order valence-corrected chi connectivity index (χ4v) is 3.07. The molecule has 0 unspecified atom stereocenters. The number of anilines is 1. The van der Waals surface area contributed by atoms with Gasteiger partial charge >= 0.3 is 11.7 Å².